The molecule has 0 nitrogen and oxygen atoms in total. The van der Waals surface area contributed by atoms with Crippen LogP contribution in [0, 0.1) is 5.92 Å². The summed E-state index contributed by atoms with van der Waals surface area (Å²) in [6.07, 6.45) is 0. The highest BCUT2D eigenvalue weighted by Gasteiger charge is 2.21. The Morgan fingerprint density at radius 1 is 1.71 bits per heavy atom. The third-order valence-corrected chi connectivity index (χ3v) is 3.66. The molecule has 2 heteroatoms. The van der Waals surface area contributed by atoms with Crippen molar-refractivity contribution >= 4 is 34.4 Å². The minimum Gasteiger partial charge on any atom is -0.161 e. The highest BCUT2D eigenvalue weighted by atomic mass is 127. The number of alkyl halides is 1. The second-order valence-electron chi connectivity index (χ2n) is 1.98. The van der Waals surface area contributed by atoms with E-state index in [4.69, 9.17) is 0 Å². The van der Waals surface area contributed by atoms with Gasteiger partial charge in [-0.1, -0.05) is 29.5 Å². The quantitative estimate of drug-likeness (QED) is 0.489. The third kappa shape index (κ3) is 1.49. The molecule has 1 saturated heterocycles. The van der Waals surface area contributed by atoms with Crippen molar-refractivity contribution in [1.82, 2.24) is 0 Å². The van der Waals surface area contributed by atoms with Crippen LogP contribution in [0.25, 0.3) is 0 Å². The zero-order valence-electron chi connectivity index (χ0n) is 4.36. The molecule has 0 spiro atoms. The highest BCUT2D eigenvalue weighted by Crippen LogP contribution is 2.30. The van der Waals surface area contributed by atoms with Gasteiger partial charge in [-0.15, -0.1) is 0 Å². The fourth-order valence-corrected chi connectivity index (χ4v) is 2.80. The molecule has 0 amide bonds. The van der Waals surface area contributed by atoms with Crippen LogP contribution >= 0.6 is 34.4 Å². The summed E-state index contributed by atoms with van der Waals surface area (Å²) in [4.78, 5) is 0. The van der Waals surface area contributed by atoms with Crippen LogP contribution in [0.15, 0.2) is 0 Å². The number of rotatable bonds is 1. The summed E-state index contributed by atoms with van der Waals surface area (Å²) < 4.78 is 0.902. The van der Waals surface area contributed by atoms with E-state index >= 15 is 0 Å². The van der Waals surface area contributed by atoms with E-state index in [9.17, 15) is 0 Å². The summed E-state index contributed by atoms with van der Waals surface area (Å²) in [5.74, 6) is 3.85. The lowest BCUT2D eigenvalue weighted by molar-refractivity contribution is 0.651. The first-order chi connectivity index (χ1) is 3.30. The Bertz CT molecular complexity index is 59.1. The number of thioether (sulfide) groups is 1. The molecule has 1 unspecified atom stereocenters. The van der Waals surface area contributed by atoms with Gasteiger partial charge in [0.05, 0.1) is 0 Å². The summed E-state index contributed by atoms with van der Waals surface area (Å²) in [6.45, 7) is 2.30. The fraction of sp³-hybridized carbons (Fsp3) is 1.00. The van der Waals surface area contributed by atoms with E-state index in [-0.39, 0.29) is 0 Å². The van der Waals surface area contributed by atoms with Crippen molar-refractivity contribution in [3.05, 3.63) is 0 Å². The minimum absolute atomic E-state index is 0.902. The Kier molecular flexibility index (Phi) is 2.28. The Morgan fingerprint density at radius 3 is 2.29 bits per heavy atom. The molecule has 0 aromatic heterocycles. The first kappa shape index (κ1) is 6.20. The van der Waals surface area contributed by atoms with Crippen LogP contribution < -0.4 is 0 Å². The van der Waals surface area contributed by atoms with Crippen LogP contribution in [0.5, 0.6) is 0 Å². The van der Waals surface area contributed by atoms with Gasteiger partial charge in [-0.3, -0.25) is 0 Å². The van der Waals surface area contributed by atoms with Crippen molar-refractivity contribution < 1.29 is 0 Å². The Labute approximate surface area is 62.6 Å². The SMILES string of the molecule is CC(I)C1CSC1. The van der Waals surface area contributed by atoms with E-state index < -0.39 is 0 Å². The van der Waals surface area contributed by atoms with Gasteiger partial charge in [0, 0.05) is 3.92 Å². The van der Waals surface area contributed by atoms with Crippen molar-refractivity contribution in [3.8, 4) is 0 Å². The molecule has 0 aliphatic carbocycles. The predicted molar refractivity (Wildman–Crippen MR) is 44.3 cm³/mol. The monoisotopic (exact) mass is 228 g/mol. The summed E-state index contributed by atoms with van der Waals surface area (Å²) in [5, 5.41) is 0. The number of hydrogen-bond acceptors (Lipinski definition) is 1. The van der Waals surface area contributed by atoms with E-state index in [2.05, 4.69) is 41.3 Å². The summed E-state index contributed by atoms with van der Waals surface area (Å²) in [7, 11) is 0. The van der Waals surface area contributed by atoms with E-state index in [0.717, 1.165) is 9.84 Å². The fourth-order valence-electron chi connectivity index (χ4n) is 0.519. The van der Waals surface area contributed by atoms with Crippen LogP contribution in [0.2, 0.25) is 0 Å². The zero-order valence-corrected chi connectivity index (χ0v) is 7.33. The lowest BCUT2D eigenvalue weighted by Crippen LogP contribution is -2.25. The van der Waals surface area contributed by atoms with Gasteiger partial charge in [0.2, 0.25) is 0 Å². The molecule has 0 radical (unpaired) electrons. The Morgan fingerprint density at radius 2 is 2.29 bits per heavy atom. The molecule has 0 N–H and O–H groups in total. The topological polar surface area (TPSA) is 0 Å². The molecule has 0 aromatic rings. The molecule has 0 saturated carbocycles. The molecule has 0 bridgehead atoms. The molecule has 1 fully saturated rings. The van der Waals surface area contributed by atoms with Crippen molar-refractivity contribution in [2.24, 2.45) is 5.92 Å². The average molecular weight is 228 g/mol. The summed E-state index contributed by atoms with van der Waals surface area (Å²) in [6, 6.07) is 0. The molecule has 1 heterocycles. The molecule has 0 aromatic carbocycles. The van der Waals surface area contributed by atoms with Gasteiger partial charge in [-0.2, -0.15) is 11.8 Å². The maximum absolute atomic E-state index is 2.51. The normalized spacial score (nSPS) is 26.6. The van der Waals surface area contributed by atoms with Gasteiger partial charge >= 0.3 is 0 Å². The van der Waals surface area contributed by atoms with Gasteiger partial charge in [0.25, 0.3) is 0 Å². The minimum atomic E-state index is 0.902. The Balaban J connectivity index is 2.14. The van der Waals surface area contributed by atoms with Crippen LogP contribution in [-0.4, -0.2) is 15.4 Å². The maximum Gasteiger partial charge on any atom is 0.0125 e. The maximum atomic E-state index is 2.51. The zero-order chi connectivity index (χ0) is 5.28. The smallest absolute Gasteiger partial charge is 0.0125 e. The summed E-state index contributed by atoms with van der Waals surface area (Å²) in [5.41, 5.74) is 0. The largest absolute Gasteiger partial charge is 0.161 e. The highest BCUT2D eigenvalue weighted by molar-refractivity contribution is 14.1. The van der Waals surface area contributed by atoms with Gasteiger partial charge in [-0.25, -0.2) is 0 Å². The van der Waals surface area contributed by atoms with E-state index in [1.165, 1.54) is 11.5 Å². The van der Waals surface area contributed by atoms with Gasteiger partial charge in [-0.05, 0) is 17.4 Å². The number of halogens is 1. The van der Waals surface area contributed by atoms with Gasteiger partial charge in [0.15, 0.2) is 0 Å². The van der Waals surface area contributed by atoms with Crippen molar-refractivity contribution in [1.29, 1.82) is 0 Å². The predicted octanol–water partition coefficient (Wildman–Crippen LogP) is 2.17. The molecular formula is C5H9IS. The molecule has 42 valence electrons. The molecule has 7 heavy (non-hydrogen) atoms. The van der Waals surface area contributed by atoms with Crippen LogP contribution in [0.4, 0.5) is 0 Å². The van der Waals surface area contributed by atoms with Crippen molar-refractivity contribution in [3.63, 3.8) is 0 Å². The van der Waals surface area contributed by atoms with Crippen molar-refractivity contribution in [2.75, 3.05) is 11.5 Å². The lowest BCUT2D eigenvalue weighted by Gasteiger charge is -2.26. The summed E-state index contributed by atoms with van der Waals surface area (Å²) >= 11 is 4.58. The van der Waals surface area contributed by atoms with Crippen LogP contribution in [0.3, 0.4) is 0 Å². The second kappa shape index (κ2) is 2.58. The average Bonchev–Trinajstić information content (AvgIpc) is 1.23. The van der Waals surface area contributed by atoms with E-state index in [0.29, 0.717) is 0 Å². The molecule has 1 aliphatic rings. The van der Waals surface area contributed by atoms with Crippen molar-refractivity contribution in [2.45, 2.75) is 10.8 Å². The Hall–Kier alpha value is 1.08. The molecular weight excluding hydrogens is 219 g/mol. The first-order valence-corrected chi connectivity index (χ1v) is 4.92. The number of hydrogen-bond donors (Lipinski definition) is 0. The molecule has 1 rings (SSSR count). The van der Waals surface area contributed by atoms with E-state index in [1.807, 2.05) is 0 Å². The second-order valence-corrected chi connectivity index (χ2v) is 5.01. The standard InChI is InChI=1S/C5H9IS/c1-4(6)5-2-7-3-5/h4-5H,2-3H2,1H3. The molecule has 1 aliphatic heterocycles. The van der Waals surface area contributed by atoms with Crippen LogP contribution in [0.1, 0.15) is 6.92 Å². The first-order valence-electron chi connectivity index (χ1n) is 2.52. The van der Waals surface area contributed by atoms with Crippen LogP contribution in [-0.2, 0) is 0 Å². The molecule has 1 atom stereocenters. The van der Waals surface area contributed by atoms with Gasteiger partial charge in [0.1, 0.15) is 0 Å². The lowest BCUT2D eigenvalue weighted by atomic mass is 10.1. The van der Waals surface area contributed by atoms with Gasteiger partial charge < -0.3 is 0 Å². The van der Waals surface area contributed by atoms with E-state index in [1.54, 1.807) is 0 Å². The third-order valence-electron chi connectivity index (χ3n) is 1.31.